The van der Waals surface area contributed by atoms with E-state index in [-0.39, 0.29) is 0 Å². The first-order valence-corrected chi connectivity index (χ1v) is 7.51. The fraction of sp³-hybridized carbons (Fsp3) is 0.889. The summed E-state index contributed by atoms with van der Waals surface area (Å²) < 4.78 is 5.52. The fourth-order valence-corrected chi connectivity index (χ4v) is 8.14. The first-order valence-electron chi connectivity index (χ1n) is 5.10. The Balaban J connectivity index is 2.25. The molecule has 2 rings (SSSR count). The Kier molecular flexibility index (Phi) is 2.61. The first-order chi connectivity index (χ1) is 6.69. The van der Waals surface area contributed by atoms with Gasteiger partial charge in [0.2, 0.25) is 0 Å². The van der Waals surface area contributed by atoms with Gasteiger partial charge in [0.05, 0.1) is 0 Å². The summed E-state index contributed by atoms with van der Waals surface area (Å²) in [6, 6.07) is 0. The number of aliphatic hydroxyl groups excluding tert-OH is 1. The van der Waals surface area contributed by atoms with Crippen LogP contribution < -0.4 is 0 Å². The van der Waals surface area contributed by atoms with Crippen molar-refractivity contribution >= 4 is 7.26 Å². The van der Waals surface area contributed by atoms with E-state index in [1.54, 1.807) is 0 Å². The Morgan fingerprint density at radius 2 is 2.21 bits per heavy atom. The molecule has 2 aliphatic heterocycles. The number of hydrogen-bond acceptors (Lipinski definition) is 4. The second kappa shape index (κ2) is 3.39. The van der Waals surface area contributed by atoms with Crippen molar-refractivity contribution in [3.05, 3.63) is 5.85 Å². The topological polar surface area (TPSA) is 47.9 Å². The predicted octanol–water partition coefficient (Wildman–Crippen LogP) is 0.945. The van der Waals surface area contributed by atoms with E-state index in [1.807, 2.05) is 0 Å². The zero-order valence-corrected chi connectivity index (χ0v) is 9.87. The first kappa shape index (κ1) is 10.8. The molecule has 0 amide bonds. The Morgan fingerprint density at radius 1 is 1.57 bits per heavy atom. The molecule has 1 radical (unpaired) electrons. The summed E-state index contributed by atoms with van der Waals surface area (Å²) in [7, 11) is -0.198. The molecule has 2 heterocycles. The summed E-state index contributed by atoms with van der Waals surface area (Å²) in [6.07, 6.45) is 1.54. The average molecular weight is 221 g/mol. The maximum atomic E-state index is 9.90. The normalized spacial score (nSPS) is 42.1. The monoisotopic (exact) mass is 221 g/mol. The van der Waals surface area contributed by atoms with Gasteiger partial charge in [-0.15, -0.1) is 0 Å². The van der Waals surface area contributed by atoms with Crippen LogP contribution in [0.4, 0.5) is 0 Å². The molecule has 0 spiro atoms. The molecule has 5 heteroatoms. The SMILES string of the molecule is CC[PH]1(CC)[C]2OC[C@@H](O)[C@@]21OOC. The molecule has 1 N–H and O–H groups in total. The molecule has 0 aliphatic carbocycles. The summed E-state index contributed by atoms with van der Waals surface area (Å²) in [6.45, 7) is 4.63. The Bertz CT molecular complexity index is 231. The van der Waals surface area contributed by atoms with Crippen molar-refractivity contribution < 1.29 is 19.6 Å². The van der Waals surface area contributed by atoms with Gasteiger partial charge in [-0.05, 0) is 0 Å². The molecular weight excluding hydrogens is 203 g/mol. The second-order valence-corrected chi connectivity index (χ2v) is 8.71. The van der Waals surface area contributed by atoms with E-state index >= 15 is 0 Å². The standard InChI is InChI=1S/C9H18O4P/c1-4-14(5-2)8-9(14,13-11-3)7(10)6-12-8/h7,10,14H,4-6H2,1-3H3/t7-,9+/m1/s1. The van der Waals surface area contributed by atoms with Gasteiger partial charge in [-0.1, -0.05) is 0 Å². The van der Waals surface area contributed by atoms with Gasteiger partial charge in [0.25, 0.3) is 0 Å². The van der Waals surface area contributed by atoms with Crippen molar-refractivity contribution in [2.24, 2.45) is 0 Å². The van der Waals surface area contributed by atoms with E-state index in [1.165, 1.54) is 7.11 Å². The molecule has 2 atom stereocenters. The van der Waals surface area contributed by atoms with Crippen LogP contribution in [0.1, 0.15) is 13.8 Å². The molecule has 2 fully saturated rings. The third-order valence-electron chi connectivity index (χ3n) is 3.70. The average Bonchev–Trinajstić information content (AvgIpc) is 2.63. The van der Waals surface area contributed by atoms with Crippen molar-refractivity contribution in [2.45, 2.75) is 25.3 Å². The quantitative estimate of drug-likeness (QED) is 0.436. The predicted molar refractivity (Wildman–Crippen MR) is 55.4 cm³/mol. The van der Waals surface area contributed by atoms with Crippen LogP contribution >= 0.6 is 7.26 Å². The molecule has 0 aromatic carbocycles. The van der Waals surface area contributed by atoms with E-state index in [4.69, 9.17) is 14.5 Å². The zero-order valence-electron chi connectivity index (χ0n) is 8.87. The van der Waals surface area contributed by atoms with E-state index in [2.05, 4.69) is 13.8 Å². The van der Waals surface area contributed by atoms with Gasteiger partial charge >= 0.3 is 84.1 Å². The molecule has 0 bridgehead atoms. The number of hydrogen-bond donors (Lipinski definition) is 1. The third kappa shape index (κ3) is 0.961. The maximum absolute atomic E-state index is 9.90. The van der Waals surface area contributed by atoms with Gasteiger partial charge in [-0.2, -0.15) is 0 Å². The molecule has 0 saturated carbocycles. The number of fused-ring (bicyclic) bond motifs is 1. The van der Waals surface area contributed by atoms with Crippen molar-refractivity contribution in [3.8, 4) is 0 Å². The molecule has 4 nitrogen and oxygen atoms in total. The summed E-state index contributed by atoms with van der Waals surface area (Å²) in [5, 5.41) is 9.35. The van der Waals surface area contributed by atoms with Gasteiger partial charge in [-0.25, -0.2) is 0 Å². The molecule has 83 valence electrons. The third-order valence-corrected chi connectivity index (χ3v) is 9.31. The van der Waals surface area contributed by atoms with Gasteiger partial charge < -0.3 is 0 Å². The van der Waals surface area contributed by atoms with Crippen LogP contribution in [0.5, 0.6) is 0 Å². The van der Waals surface area contributed by atoms with Gasteiger partial charge in [0, 0.05) is 0 Å². The van der Waals surface area contributed by atoms with Crippen LogP contribution in [-0.4, -0.2) is 42.6 Å². The van der Waals surface area contributed by atoms with Gasteiger partial charge in [0.1, 0.15) is 0 Å². The summed E-state index contributed by atoms with van der Waals surface area (Å²) in [5.74, 6) is 1.00. The zero-order chi connectivity index (χ0) is 10.4. The number of rotatable bonds is 4. The summed E-state index contributed by atoms with van der Waals surface area (Å²) in [5.41, 5.74) is 0. The van der Waals surface area contributed by atoms with E-state index in [9.17, 15) is 5.11 Å². The summed E-state index contributed by atoms with van der Waals surface area (Å²) in [4.78, 5) is 10.1. The minimum atomic E-state index is -1.68. The molecule has 2 saturated heterocycles. The van der Waals surface area contributed by atoms with E-state index in [0.29, 0.717) is 6.61 Å². The van der Waals surface area contributed by atoms with Crippen LogP contribution in [0.2, 0.25) is 0 Å². The second-order valence-electron chi connectivity index (χ2n) is 3.93. The Hall–Kier alpha value is 0.270. The van der Waals surface area contributed by atoms with Crippen LogP contribution in [-0.2, 0) is 14.5 Å². The van der Waals surface area contributed by atoms with E-state index in [0.717, 1.165) is 18.2 Å². The van der Waals surface area contributed by atoms with Crippen LogP contribution in [0.3, 0.4) is 0 Å². The van der Waals surface area contributed by atoms with E-state index < -0.39 is 18.7 Å². The Morgan fingerprint density at radius 3 is 2.64 bits per heavy atom. The number of ether oxygens (including phenoxy) is 1. The van der Waals surface area contributed by atoms with Crippen molar-refractivity contribution in [2.75, 3.05) is 26.0 Å². The molecule has 0 unspecified atom stereocenters. The van der Waals surface area contributed by atoms with Gasteiger partial charge in [-0.3, -0.25) is 0 Å². The van der Waals surface area contributed by atoms with Gasteiger partial charge in [0.15, 0.2) is 0 Å². The van der Waals surface area contributed by atoms with Crippen LogP contribution in [0, 0.1) is 5.85 Å². The molecule has 14 heavy (non-hydrogen) atoms. The number of aliphatic hydroxyl groups is 1. The molecule has 0 aromatic rings. The Labute approximate surface area is 84.8 Å². The molecule has 2 aliphatic rings. The minimum absolute atomic E-state index is 0.355. The summed E-state index contributed by atoms with van der Waals surface area (Å²) >= 11 is 0. The van der Waals surface area contributed by atoms with Crippen molar-refractivity contribution in [3.63, 3.8) is 0 Å². The molecular formula is C9H18O4P. The van der Waals surface area contributed by atoms with Crippen LogP contribution in [0.25, 0.3) is 0 Å². The van der Waals surface area contributed by atoms with Crippen molar-refractivity contribution in [1.29, 1.82) is 0 Å². The fourth-order valence-electron chi connectivity index (χ4n) is 2.87. The van der Waals surface area contributed by atoms with Crippen molar-refractivity contribution in [1.82, 2.24) is 0 Å². The molecule has 0 aromatic heterocycles. The van der Waals surface area contributed by atoms with Crippen LogP contribution in [0.15, 0.2) is 0 Å².